The van der Waals surface area contributed by atoms with Gasteiger partial charge in [0.1, 0.15) is 0 Å². The van der Waals surface area contributed by atoms with Gasteiger partial charge in [0.2, 0.25) is 0 Å². The minimum Gasteiger partial charge on any atom is -0.399 e. The molecule has 0 aliphatic carbocycles. The van der Waals surface area contributed by atoms with Gasteiger partial charge < -0.3 is 20.9 Å². The molecule has 118 valence electrons. The topological polar surface area (TPSA) is 61.6 Å². The smallest absolute Gasteiger partial charge is 0.317 e. The molecule has 0 saturated carbocycles. The number of carbonyl (C=O) groups is 1. The molecule has 0 heterocycles. The van der Waals surface area contributed by atoms with E-state index in [0.29, 0.717) is 13.1 Å². The highest BCUT2D eigenvalue weighted by Gasteiger charge is 2.20. The molecule has 0 aromatic heterocycles. The maximum absolute atomic E-state index is 12.3. The SMILES string of the molecule is CCNC(=O)N(Cc1cc(N)ccc1N(C)C)C(C)CC. The van der Waals surface area contributed by atoms with Gasteiger partial charge in [-0.3, -0.25) is 0 Å². The van der Waals surface area contributed by atoms with Crippen LogP contribution in [0.2, 0.25) is 0 Å². The fourth-order valence-corrected chi connectivity index (χ4v) is 2.25. The van der Waals surface area contributed by atoms with Gasteiger partial charge in [-0.05, 0) is 44.0 Å². The number of nitrogens with one attached hydrogen (secondary N) is 1. The molecular weight excluding hydrogens is 264 g/mol. The van der Waals surface area contributed by atoms with Crippen LogP contribution in [-0.4, -0.2) is 37.6 Å². The van der Waals surface area contributed by atoms with Gasteiger partial charge in [-0.1, -0.05) is 6.92 Å². The first kappa shape index (κ1) is 17.1. The first-order chi connectivity index (χ1) is 9.90. The molecule has 5 nitrogen and oxygen atoms in total. The molecule has 0 saturated heterocycles. The van der Waals surface area contributed by atoms with Crippen LogP contribution in [0.1, 0.15) is 32.8 Å². The number of benzene rings is 1. The number of amides is 2. The third kappa shape index (κ3) is 4.55. The fraction of sp³-hybridized carbons (Fsp3) is 0.562. The Labute approximate surface area is 128 Å². The predicted octanol–water partition coefficient (Wildman–Crippen LogP) is 2.66. The molecule has 1 atom stereocenters. The normalized spacial score (nSPS) is 11.9. The Balaban J connectivity index is 3.08. The number of rotatable bonds is 6. The van der Waals surface area contributed by atoms with E-state index >= 15 is 0 Å². The van der Waals surface area contributed by atoms with Gasteiger partial charge in [-0.25, -0.2) is 4.79 Å². The van der Waals surface area contributed by atoms with Gasteiger partial charge in [0, 0.05) is 44.6 Å². The summed E-state index contributed by atoms with van der Waals surface area (Å²) in [6, 6.07) is 5.98. The highest BCUT2D eigenvalue weighted by molar-refractivity contribution is 5.75. The van der Waals surface area contributed by atoms with Crippen molar-refractivity contribution in [1.82, 2.24) is 10.2 Å². The van der Waals surface area contributed by atoms with Crippen molar-refractivity contribution >= 4 is 17.4 Å². The molecule has 0 fully saturated rings. The van der Waals surface area contributed by atoms with Crippen LogP contribution in [0.4, 0.5) is 16.2 Å². The van der Waals surface area contributed by atoms with Gasteiger partial charge >= 0.3 is 6.03 Å². The van der Waals surface area contributed by atoms with Crippen LogP contribution >= 0.6 is 0 Å². The van der Waals surface area contributed by atoms with Crippen molar-refractivity contribution in [3.8, 4) is 0 Å². The number of carbonyl (C=O) groups excluding carboxylic acids is 1. The lowest BCUT2D eigenvalue weighted by atomic mass is 10.1. The summed E-state index contributed by atoms with van der Waals surface area (Å²) < 4.78 is 0. The second-order valence-electron chi connectivity index (χ2n) is 5.50. The fourth-order valence-electron chi connectivity index (χ4n) is 2.25. The minimum absolute atomic E-state index is 0.0287. The Morgan fingerprint density at radius 2 is 2.00 bits per heavy atom. The van der Waals surface area contributed by atoms with Crippen LogP contribution in [0.5, 0.6) is 0 Å². The maximum atomic E-state index is 12.3. The Kier molecular flexibility index (Phi) is 6.34. The van der Waals surface area contributed by atoms with E-state index in [0.717, 1.165) is 23.4 Å². The van der Waals surface area contributed by atoms with Gasteiger partial charge in [0.15, 0.2) is 0 Å². The standard InChI is InChI=1S/C16H28N4O/c1-6-12(3)20(16(21)18-7-2)11-13-10-14(17)8-9-15(13)19(4)5/h8-10,12H,6-7,11,17H2,1-5H3,(H,18,21). The van der Waals surface area contributed by atoms with E-state index in [4.69, 9.17) is 5.73 Å². The quantitative estimate of drug-likeness (QED) is 0.792. The van der Waals surface area contributed by atoms with E-state index in [1.165, 1.54) is 0 Å². The zero-order chi connectivity index (χ0) is 16.0. The monoisotopic (exact) mass is 292 g/mol. The maximum Gasteiger partial charge on any atom is 0.317 e. The molecule has 2 amide bonds. The van der Waals surface area contributed by atoms with Crippen LogP contribution in [0, 0.1) is 0 Å². The summed E-state index contributed by atoms with van der Waals surface area (Å²) in [4.78, 5) is 16.2. The van der Waals surface area contributed by atoms with Crippen LogP contribution in [0.3, 0.4) is 0 Å². The highest BCUT2D eigenvalue weighted by Crippen LogP contribution is 2.24. The third-order valence-corrected chi connectivity index (χ3v) is 3.64. The van der Waals surface area contributed by atoms with Crippen molar-refractivity contribution in [3.63, 3.8) is 0 Å². The minimum atomic E-state index is -0.0287. The average Bonchev–Trinajstić information content (AvgIpc) is 2.43. The number of nitrogens with zero attached hydrogens (tertiary/aromatic N) is 2. The van der Waals surface area contributed by atoms with E-state index < -0.39 is 0 Å². The number of anilines is 2. The Morgan fingerprint density at radius 3 is 2.52 bits per heavy atom. The molecule has 0 radical (unpaired) electrons. The van der Waals surface area contributed by atoms with Gasteiger partial charge in [0.25, 0.3) is 0 Å². The van der Waals surface area contributed by atoms with Crippen molar-refractivity contribution in [2.45, 2.75) is 39.8 Å². The summed E-state index contributed by atoms with van der Waals surface area (Å²) in [5, 5.41) is 2.89. The van der Waals surface area contributed by atoms with E-state index in [2.05, 4.69) is 19.2 Å². The van der Waals surface area contributed by atoms with E-state index in [1.807, 2.05) is 49.0 Å². The largest absolute Gasteiger partial charge is 0.399 e. The molecule has 0 aliphatic heterocycles. The Morgan fingerprint density at radius 1 is 1.33 bits per heavy atom. The van der Waals surface area contributed by atoms with Crippen LogP contribution in [0.25, 0.3) is 0 Å². The molecule has 5 heteroatoms. The molecule has 1 aromatic rings. The number of nitrogen functional groups attached to an aromatic ring is 1. The molecule has 1 unspecified atom stereocenters. The first-order valence-electron chi connectivity index (χ1n) is 7.50. The van der Waals surface area contributed by atoms with Crippen LogP contribution in [-0.2, 0) is 6.54 Å². The predicted molar refractivity (Wildman–Crippen MR) is 89.6 cm³/mol. The zero-order valence-corrected chi connectivity index (χ0v) is 13.8. The molecule has 1 rings (SSSR count). The Hall–Kier alpha value is -1.91. The summed E-state index contributed by atoms with van der Waals surface area (Å²) in [7, 11) is 3.99. The first-order valence-corrected chi connectivity index (χ1v) is 7.50. The van der Waals surface area contributed by atoms with Crippen molar-refractivity contribution in [1.29, 1.82) is 0 Å². The number of urea groups is 1. The third-order valence-electron chi connectivity index (χ3n) is 3.64. The second kappa shape index (κ2) is 7.76. The van der Waals surface area contributed by atoms with Crippen molar-refractivity contribution in [3.05, 3.63) is 23.8 Å². The Bertz CT molecular complexity index is 473. The number of hydrogen-bond donors (Lipinski definition) is 2. The zero-order valence-electron chi connectivity index (χ0n) is 13.8. The molecule has 3 N–H and O–H groups in total. The molecular formula is C16H28N4O. The molecule has 1 aromatic carbocycles. The number of nitrogens with two attached hydrogens (primary N) is 1. The average molecular weight is 292 g/mol. The second-order valence-corrected chi connectivity index (χ2v) is 5.50. The summed E-state index contributed by atoms with van der Waals surface area (Å²) in [6.45, 7) is 7.26. The van der Waals surface area contributed by atoms with Crippen LogP contribution < -0.4 is 16.0 Å². The van der Waals surface area contributed by atoms with Gasteiger partial charge in [0.05, 0.1) is 0 Å². The van der Waals surface area contributed by atoms with Gasteiger partial charge in [-0.2, -0.15) is 0 Å². The lowest BCUT2D eigenvalue weighted by molar-refractivity contribution is 0.174. The van der Waals surface area contributed by atoms with E-state index in [-0.39, 0.29) is 12.1 Å². The summed E-state index contributed by atoms with van der Waals surface area (Å²) >= 11 is 0. The van der Waals surface area contributed by atoms with Crippen molar-refractivity contribution in [2.24, 2.45) is 0 Å². The summed E-state index contributed by atoms with van der Waals surface area (Å²) in [5.41, 5.74) is 8.77. The summed E-state index contributed by atoms with van der Waals surface area (Å²) in [5.74, 6) is 0. The molecule has 0 spiro atoms. The highest BCUT2D eigenvalue weighted by atomic mass is 16.2. The lowest BCUT2D eigenvalue weighted by Crippen LogP contribution is -2.44. The van der Waals surface area contributed by atoms with Crippen LogP contribution in [0.15, 0.2) is 18.2 Å². The molecule has 21 heavy (non-hydrogen) atoms. The van der Waals surface area contributed by atoms with E-state index in [1.54, 1.807) is 0 Å². The van der Waals surface area contributed by atoms with Crippen molar-refractivity contribution < 1.29 is 4.79 Å². The lowest BCUT2D eigenvalue weighted by Gasteiger charge is -2.30. The van der Waals surface area contributed by atoms with Crippen molar-refractivity contribution in [2.75, 3.05) is 31.3 Å². The van der Waals surface area contributed by atoms with E-state index in [9.17, 15) is 4.79 Å². The molecule has 0 aliphatic rings. The number of hydrogen-bond acceptors (Lipinski definition) is 3. The van der Waals surface area contributed by atoms with Gasteiger partial charge in [-0.15, -0.1) is 0 Å². The summed E-state index contributed by atoms with van der Waals surface area (Å²) in [6.07, 6.45) is 0.913. The molecule has 0 bridgehead atoms.